The third-order valence-corrected chi connectivity index (χ3v) is 4.36. The quantitative estimate of drug-likeness (QED) is 0.629. The minimum atomic E-state index is -1.20. The van der Waals surface area contributed by atoms with E-state index in [1.807, 2.05) is 32.0 Å². The summed E-state index contributed by atoms with van der Waals surface area (Å²) in [7, 11) is 0. The molecule has 2 aromatic rings. The first-order chi connectivity index (χ1) is 11.5. The van der Waals surface area contributed by atoms with Crippen LogP contribution in [0.25, 0.3) is 0 Å². The number of aromatic nitrogens is 1. The largest absolute Gasteiger partial charge is 0.291 e. The van der Waals surface area contributed by atoms with Crippen molar-refractivity contribution >= 4 is 28.8 Å². The third-order valence-electron chi connectivity index (χ3n) is 4.14. The van der Waals surface area contributed by atoms with E-state index < -0.39 is 10.8 Å². The van der Waals surface area contributed by atoms with Crippen LogP contribution < -0.4 is 0 Å². The molecule has 1 aromatic heterocycles. The van der Waals surface area contributed by atoms with Crippen LogP contribution in [0.15, 0.2) is 53.7 Å². The summed E-state index contributed by atoms with van der Waals surface area (Å²) in [5.74, 6) is -0.138. The van der Waals surface area contributed by atoms with Gasteiger partial charge in [-0.3, -0.25) is 19.6 Å². The van der Waals surface area contributed by atoms with Crippen LogP contribution in [0.5, 0.6) is 0 Å². The molecule has 5 heteroatoms. The van der Waals surface area contributed by atoms with Gasteiger partial charge in [0.1, 0.15) is 0 Å². The number of Topliss-reactive ketones (excluding diaryl/α,β-unsaturated/α-hetero) is 1. The summed E-state index contributed by atoms with van der Waals surface area (Å²) in [6.07, 6.45) is 6.42. The summed E-state index contributed by atoms with van der Waals surface area (Å²) in [5.41, 5.74) is 1.96. The Morgan fingerprint density at radius 1 is 1.08 bits per heavy atom. The van der Waals surface area contributed by atoms with Crippen LogP contribution in [-0.4, -0.2) is 22.2 Å². The molecule has 1 aliphatic rings. The SMILES string of the molecule is Cc1cccc(C)c1C(=O)C1(c2ccc(C(=O)Cl)cn2)C=CC=N1. The topological polar surface area (TPSA) is 59.4 Å². The molecule has 1 aromatic carbocycles. The predicted molar refractivity (Wildman–Crippen MR) is 94.0 cm³/mol. The smallest absolute Gasteiger partial charge is 0.253 e. The highest BCUT2D eigenvalue weighted by Crippen LogP contribution is 2.34. The Labute approximate surface area is 144 Å². The first kappa shape index (κ1) is 16.3. The number of aryl methyl sites for hydroxylation is 2. The molecule has 0 radical (unpaired) electrons. The van der Waals surface area contributed by atoms with Gasteiger partial charge >= 0.3 is 0 Å². The molecule has 0 spiro atoms. The van der Waals surface area contributed by atoms with Gasteiger partial charge in [0.25, 0.3) is 5.24 Å². The zero-order valence-corrected chi connectivity index (χ0v) is 14.0. The second-order valence-electron chi connectivity index (χ2n) is 5.71. The van der Waals surface area contributed by atoms with Gasteiger partial charge in [0, 0.05) is 18.0 Å². The number of hydrogen-bond donors (Lipinski definition) is 0. The van der Waals surface area contributed by atoms with Crippen LogP contribution in [0.1, 0.15) is 37.5 Å². The van der Waals surface area contributed by atoms with E-state index in [1.165, 1.54) is 6.20 Å². The second-order valence-corrected chi connectivity index (χ2v) is 6.05. The van der Waals surface area contributed by atoms with Crippen molar-refractivity contribution in [1.29, 1.82) is 0 Å². The summed E-state index contributed by atoms with van der Waals surface area (Å²) >= 11 is 5.46. The van der Waals surface area contributed by atoms with Crippen molar-refractivity contribution in [2.45, 2.75) is 19.4 Å². The molecule has 1 unspecified atom stereocenters. The van der Waals surface area contributed by atoms with Gasteiger partial charge in [-0.05, 0) is 60.9 Å². The molecule has 120 valence electrons. The zero-order chi connectivity index (χ0) is 17.3. The molecule has 0 amide bonds. The van der Waals surface area contributed by atoms with E-state index >= 15 is 0 Å². The fourth-order valence-corrected chi connectivity index (χ4v) is 3.00. The number of aliphatic imine (C=N–C) groups is 1. The van der Waals surface area contributed by atoms with Gasteiger partial charge in [0.05, 0.1) is 11.3 Å². The summed E-state index contributed by atoms with van der Waals surface area (Å²) in [5, 5.41) is -0.588. The molecule has 1 aliphatic heterocycles. The number of hydrogen-bond acceptors (Lipinski definition) is 4. The lowest BCUT2D eigenvalue weighted by Crippen LogP contribution is -2.33. The van der Waals surface area contributed by atoms with Crippen LogP contribution in [0.3, 0.4) is 0 Å². The number of benzene rings is 1. The lowest BCUT2D eigenvalue weighted by Gasteiger charge is -2.24. The summed E-state index contributed by atoms with van der Waals surface area (Å²) in [6.45, 7) is 3.80. The summed E-state index contributed by atoms with van der Waals surface area (Å²) in [6, 6.07) is 8.90. The summed E-state index contributed by atoms with van der Waals surface area (Å²) < 4.78 is 0. The number of ketones is 1. The fourth-order valence-electron chi connectivity index (χ4n) is 2.89. The Hall–Kier alpha value is -2.59. The molecule has 3 rings (SSSR count). The average molecular weight is 339 g/mol. The number of carbonyl (C=O) groups is 2. The van der Waals surface area contributed by atoms with E-state index in [4.69, 9.17) is 11.6 Å². The highest BCUT2D eigenvalue weighted by molar-refractivity contribution is 6.67. The van der Waals surface area contributed by atoms with Gasteiger partial charge in [-0.2, -0.15) is 0 Å². The van der Waals surface area contributed by atoms with Crippen molar-refractivity contribution in [3.8, 4) is 0 Å². The molecular weight excluding hydrogens is 324 g/mol. The van der Waals surface area contributed by atoms with Crippen molar-refractivity contribution in [3.05, 3.63) is 76.6 Å². The zero-order valence-electron chi connectivity index (χ0n) is 13.3. The molecule has 0 fully saturated rings. The molecule has 2 heterocycles. The van der Waals surface area contributed by atoms with Crippen molar-refractivity contribution in [1.82, 2.24) is 4.98 Å². The van der Waals surface area contributed by atoms with E-state index in [9.17, 15) is 9.59 Å². The first-order valence-corrected chi connectivity index (χ1v) is 7.84. The van der Waals surface area contributed by atoms with Gasteiger partial charge in [0.2, 0.25) is 5.78 Å². The van der Waals surface area contributed by atoms with Crippen LogP contribution in [0.2, 0.25) is 0 Å². The maximum atomic E-state index is 13.3. The van der Waals surface area contributed by atoms with E-state index in [-0.39, 0.29) is 11.3 Å². The Bertz CT molecular complexity index is 850. The molecule has 0 aliphatic carbocycles. The number of halogens is 1. The van der Waals surface area contributed by atoms with E-state index in [0.29, 0.717) is 11.3 Å². The Morgan fingerprint density at radius 3 is 2.29 bits per heavy atom. The minimum Gasteiger partial charge on any atom is -0.291 e. The monoisotopic (exact) mass is 338 g/mol. The van der Waals surface area contributed by atoms with E-state index in [2.05, 4.69) is 9.98 Å². The third kappa shape index (κ3) is 2.59. The van der Waals surface area contributed by atoms with Crippen LogP contribution in [0, 0.1) is 13.8 Å². The van der Waals surface area contributed by atoms with Crippen LogP contribution in [-0.2, 0) is 5.54 Å². The molecule has 24 heavy (non-hydrogen) atoms. The van der Waals surface area contributed by atoms with Gasteiger partial charge in [0.15, 0.2) is 5.54 Å². The minimum absolute atomic E-state index is 0.138. The number of allylic oxidation sites excluding steroid dienone is 1. The Morgan fingerprint density at radius 2 is 1.79 bits per heavy atom. The lowest BCUT2D eigenvalue weighted by molar-refractivity contribution is 0.0919. The molecule has 0 saturated heterocycles. The van der Waals surface area contributed by atoms with E-state index in [0.717, 1.165) is 11.1 Å². The highest BCUT2D eigenvalue weighted by atomic mass is 35.5. The van der Waals surface area contributed by atoms with E-state index in [1.54, 1.807) is 30.5 Å². The predicted octanol–water partition coefficient (Wildman–Crippen LogP) is 3.80. The molecule has 0 saturated carbocycles. The van der Waals surface area contributed by atoms with Crippen LogP contribution in [0.4, 0.5) is 0 Å². The van der Waals surface area contributed by atoms with Crippen LogP contribution >= 0.6 is 11.6 Å². The fraction of sp³-hybridized carbons (Fsp3) is 0.158. The van der Waals surface area contributed by atoms with Crippen molar-refractivity contribution in [2.24, 2.45) is 4.99 Å². The van der Waals surface area contributed by atoms with Gasteiger partial charge in [-0.1, -0.05) is 18.2 Å². The molecule has 0 N–H and O–H groups in total. The Kier molecular flexibility index (Phi) is 4.16. The van der Waals surface area contributed by atoms with Gasteiger partial charge < -0.3 is 0 Å². The van der Waals surface area contributed by atoms with Crippen molar-refractivity contribution < 1.29 is 9.59 Å². The first-order valence-electron chi connectivity index (χ1n) is 7.46. The standard InChI is InChI=1S/C19H15ClN2O2/c1-12-5-3-6-13(2)16(12)17(23)19(9-4-10-22-19)15-8-7-14(11-21-15)18(20)24/h3-11H,1-2H3. The number of nitrogens with zero attached hydrogens (tertiary/aromatic N) is 2. The average Bonchev–Trinajstić information content (AvgIpc) is 3.05. The number of rotatable bonds is 4. The van der Waals surface area contributed by atoms with Crippen molar-refractivity contribution in [2.75, 3.05) is 0 Å². The molecule has 0 bridgehead atoms. The number of carbonyl (C=O) groups excluding carboxylic acids is 2. The maximum Gasteiger partial charge on any atom is 0.253 e. The normalized spacial score (nSPS) is 18.8. The maximum absolute atomic E-state index is 13.3. The highest BCUT2D eigenvalue weighted by Gasteiger charge is 2.41. The number of pyridine rings is 1. The van der Waals surface area contributed by atoms with Crippen molar-refractivity contribution in [3.63, 3.8) is 0 Å². The summed E-state index contributed by atoms with van der Waals surface area (Å²) in [4.78, 5) is 33.2. The molecule has 1 atom stereocenters. The van der Waals surface area contributed by atoms with Gasteiger partial charge in [-0.15, -0.1) is 0 Å². The Balaban J connectivity index is 2.13. The molecule has 4 nitrogen and oxygen atoms in total. The lowest BCUT2D eigenvalue weighted by atomic mass is 9.83. The second kappa shape index (κ2) is 6.13. The molecular formula is C19H15ClN2O2. The van der Waals surface area contributed by atoms with Gasteiger partial charge in [-0.25, -0.2) is 0 Å².